The average molecular weight is 592 g/mol. The van der Waals surface area contributed by atoms with Crippen molar-refractivity contribution in [3.63, 3.8) is 0 Å². The largest absolute Gasteiger partial charge is 0.494 e. The Morgan fingerprint density at radius 3 is 2.24 bits per heavy atom. The van der Waals surface area contributed by atoms with Gasteiger partial charge in [-0.2, -0.15) is 0 Å². The molecule has 0 saturated carbocycles. The first-order chi connectivity index (χ1) is 20.5. The molecule has 0 spiro atoms. The van der Waals surface area contributed by atoms with E-state index in [0.717, 1.165) is 30.7 Å². The van der Waals surface area contributed by atoms with Crippen molar-refractivity contribution in [3.05, 3.63) is 47.8 Å². The van der Waals surface area contributed by atoms with Crippen LogP contribution in [0.3, 0.4) is 0 Å². The van der Waals surface area contributed by atoms with Crippen LogP contribution in [0.5, 0.6) is 5.75 Å². The predicted molar refractivity (Wildman–Crippen MR) is 161 cm³/mol. The van der Waals surface area contributed by atoms with Crippen molar-refractivity contribution in [3.8, 4) is 5.75 Å². The van der Waals surface area contributed by atoms with E-state index in [-0.39, 0.29) is 11.9 Å². The summed E-state index contributed by atoms with van der Waals surface area (Å²) < 4.78 is 26.4. The predicted octanol–water partition coefficient (Wildman–Crippen LogP) is 2.85. The standard InChI is InChI=1S/C25H37N5O5.C3H6O2.C2H6/c26-7-13-32-15-17-34-18-16-33-14-11-30-20-22-19-23(5-3-21(22)4-6-24(30)31)35-12-2-10-29-25-27-8-1-9-28-25;1-3(4)5-2;1-2/h1,3,5,8-9,19H,2,4,6-7,10-18,20,26H2,(H,27,28,29);1-2H3;1-2H3. The van der Waals surface area contributed by atoms with Crippen LogP contribution in [0.15, 0.2) is 36.7 Å². The van der Waals surface area contributed by atoms with Gasteiger partial charge in [-0.25, -0.2) is 9.97 Å². The van der Waals surface area contributed by atoms with Crippen LogP contribution in [0, 0.1) is 0 Å². The molecular weight excluding hydrogens is 542 g/mol. The number of benzene rings is 1. The van der Waals surface area contributed by atoms with E-state index in [9.17, 15) is 9.59 Å². The molecule has 42 heavy (non-hydrogen) atoms. The number of aromatic nitrogens is 2. The highest BCUT2D eigenvalue weighted by atomic mass is 16.5. The van der Waals surface area contributed by atoms with Gasteiger partial charge in [0.15, 0.2) is 0 Å². The minimum atomic E-state index is -0.245. The van der Waals surface area contributed by atoms with Crippen molar-refractivity contribution in [1.29, 1.82) is 0 Å². The van der Waals surface area contributed by atoms with Gasteiger partial charge >= 0.3 is 5.97 Å². The zero-order valence-electron chi connectivity index (χ0n) is 25.6. The molecule has 0 unspecified atom stereocenters. The minimum Gasteiger partial charge on any atom is -0.494 e. The Hall–Kier alpha value is -3.32. The first-order valence-electron chi connectivity index (χ1n) is 14.5. The lowest BCUT2D eigenvalue weighted by Crippen LogP contribution is -2.32. The Morgan fingerprint density at radius 1 is 0.952 bits per heavy atom. The topological polar surface area (TPSA) is 147 Å². The van der Waals surface area contributed by atoms with Crippen molar-refractivity contribution in [1.82, 2.24) is 14.9 Å². The van der Waals surface area contributed by atoms with Crippen LogP contribution in [-0.4, -0.2) is 99.7 Å². The maximum absolute atomic E-state index is 12.6. The van der Waals surface area contributed by atoms with Crippen molar-refractivity contribution >= 4 is 17.8 Å². The number of fused-ring (bicyclic) bond motifs is 1. The van der Waals surface area contributed by atoms with Gasteiger partial charge in [0, 0.05) is 51.9 Å². The van der Waals surface area contributed by atoms with Gasteiger partial charge in [-0.1, -0.05) is 19.9 Å². The third-order valence-corrected chi connectivity index (χ3v) is 5.74. The number of nitrogens with zero attached hydrogens (tertiary/aromatic N) is 3. The van der Waals surface area contributed by atoms with Crippen LogP contribution in [0.25, 0.3) is 0 Å². The molecule has 1 aliphatic heterocycles. The summed E-state index contributed by atoms with van der Waals surface area (Å²) in [6.07, 6.45) is 5.49. The van der Waals surface area contributed by atoms with E-state index < -0.39 is 0 Å². The van der Waals surface area contributed by atoms with Crippen LogP contribution < -0.4 is 15.8 Å². The zero-order chi connectivity index (χ0) is 30.8. The number of carbonyl (C=O) groups is 2. The summed E-state index contributed by atoms with van der Waals surface area (Å²) >= 11 is 0. The molecule has 0 radical (unpaired) electrons. The van der Waals surface area contributed by atoms with Crippen molar-refractivity contribution in [2.75, 3.05) is 78.3 Å². The number of rotatable bonds is 17. The Balaban J connectivity index is 0.00000114. The fourth-order valence-electron chi connectivity index (χ4n) is 3.63. The summed E-state index contributed by atoms with van der Waals surface area (Å²) in [7, 11) is 1.35. The maximum Gasteiger partial charge on any atom is 0.302 e. The number of methoxy groups -OCH3 is 1. The van der Waals surface area contributed by atoms with Crippen LogP contribution in [0.2, 0.25) is 0 Å². The molecular formula is C30H49N5O7. The number of ether oxygens (including phenoxy) is 5. The molecule has 0 atom stereocenters. The molecule has 1 amide bonds. The monoisotopic (exact) mass is 591 g/mol. The van der Waals surface area contributed by atoms with Gasteiger partial charge in [0.25, 0.3) is 0 Å². The van der Waals surface area contributed by atoms with Gasteiger partial charge in [-0.05, 0) is 42.2 Å². The third-order valence-electron chi connectivity index (χ3n) is 5.74. The average Bonchev–Trinajstić information content (AvgIpc) is 3.17. The van der Waals surface area contributed by atoms with Crippen LogP contribution >= 0.6 is 0 Å². The van der Waals surface area contributed by atoms with Gasteiger partial charge in [-0.3, -0.25) is 9.59 Å². The number of nitrogens with two attached hydrogens (primary N) is 1. The summed E-state index contributed by atoms with van der Waals surface area (Å²) in [6.45, 7) is 11.4. The molecule has 0 aliphatic carbocycles. The van der Waals surface area contributed by atoms with E-state index in [1.807, 2.05) is 24.8 Å². The van der Waals surface area contributed by atoms with Crippen molar-refractivity contribution < 1.29 is 33.3 Å². The summed E-state index contributed by atoms with van der Waals surface area (Å²) in [6, 6.07) is 7.89. The molecule has 3 N–H and O–H groups in total. The van der Waals surface area contributed by atoms with Gasteiger partial charge in [0.1, 0.15) is 5.75 Å². The van der Waals surface area contributed by atoms with Gasteiger partial charge in [-0.15, -0.1) is 0 Å². The van der Waals surface area contributed by atoms with E-state index in [4.69, 9.17) is 24.7 Å². The summed E-state index contributed by atoms with van der Waals surface area (Å²) in [5, 5.41) is 3.17. The molecule has 0 fully saturated rings. The number of amides is 1. The smallest absolute Gasteiger partial charge is 0.302 e. The molecule has 236 valence electrons. The molecule has 1 aliphatic rings. The Labute approximate surface area is 250 Å². The molecule has 0 saturated heterocycles. The number of hydrogen-bond donors (Lipinski definition) is 2. The van der Waals surface area contributed by atoms with Crippen LogP contribution in [0.1, 0.15) is 44.7 Å². The van der Waals surface area contributed by atoms with Crippen LogP contribution in [-0.2, 0) is 41.5 Å². The second kappa shape index (κ2) is 24.3. The molecule has 12 heteroatoms. The zero-order valence-corrected chi connectivity index (χ0v) is 25.6. The van der Waals surface area contributed by atoms with E-state index >= 15 is 0 Å². The molecule has 12 nitrogen and oxygen atoms in total. The number of anilines is 1. The Bertz CT molecular complexity index is 982. The summed E-state index contributed by atoms with van der Waals surface area (Å²) in [5.74, 6) is 1.34. The summed E-state index contributed by atoms with van der Waals surface area (Å²) in [5.41, 5.74) is 7.69. The number of nitrogens with one attached hydrogen (secondary N) is 1. The highest BCUT2D eigenvalue weighted by Crippen LogP contribution is 2.24. The lowest BCUT2D eigenvalue weighted by molar-refractivity contribution is -0.138. The second-order valence-electron chi connectivity index (χ2n) is 8.77. The van der Waals surface area contributed by atoms with E-state index in [0.29, 0.717) is 78.3 Å². The highest BCUT2D eigenvalue weighted by Gasteiger charge is 2.20. The van der Waals surface area contributed by atoms with E-state index in [2.05, 4.69) is 32.2 Å². The first-order valence-corrected chi connectivity index (χ1v) is 14.5. The second-order valence-corrected chi connectivity index (χ2v) is 8.77. The molecule has 1 aromatic heterocycles. The Morgan fingerprint density at radius 2 is 1.60 bits per heavy atom. The van der Waals surface area contributed by atoms with Gasteiger partial charge in [0.2, 0.25) is 11.9 Å². The SMILES string of the molecule is CC.COC(C)=O.NCCOCCOCCOCCN1Cc2cc(OCCCNc3ncccn3)ccc2CCC1=O. The lowest BCUT2D eigenvalue weighted by Gasteiger charge is -2.21. The number of aryl methyl sites for hydroxylation is 1. The quantitative estimate of drug-likeness (QED) is 0.207. The summed E-state index contributed by atoms with van der Waals surface area (Å²) in [4.78, 5) is 32.3. The molecule has 2 aromatic rings. The molecule has 0 bridgehead atoms. The molecule has 2 heterocycles. The van der Waals surface area contributed by atoms with Gasteiger partial charge in [0.05, 0.1) is 53.4 Å². The number of carbonyl (C=O) groups excluding carboxylic acids is 2. The number of hydrogen-bond acceptors (Lipinski definition) is 11. The van der Waals surface area contributed by atoms with Crippen LogP contribution in [0.4, 0.5) is 5.95 Å². The normalized spacial score (nSPS) is 12.1. The molecule has 3 rings (SSSR count). The fraction of sp³-hybridized carbons (Fsp3) is 0.600. The Kier molecular flexibility index (Phi) is 21.2. The third kappa shape index (κ3) is 16.8. The maximum atomic E-state index is 12.6. The van der Waals surface area contributed by atoms with Crippen molar-refractivity contribution in [2.24, 2.45) is 5.73 Å². The fourth-order valence-corrected chi connectivity index (χ4v) is 3.63. The van der Waals surface area contributed by atoms with Gasteiger partial charge < -0.3 is 39.6 Å². The molecule has 1 aromatic carbocycles. The van der Waals surface area contributed by atoms with E-state index in [1.54, 1.807) is 18.5 Å². The first kappa shape index (κ1) is 36.7. The minimum absolute atomic E-state index is 0.148. The lowest BCUT2D eigenvalue weighted by atomic mass is 10.0. The number of esters is 1. The van der Waals surface area contributed by atoms with Crippen molar-refractivity contribution in [2.45, 2.75) is 46.6 Å². The highest BCUT2D eigenvalue weighted by molar-refractivity contribution is 5.77. The van der Waals surface area contributed by atoms with E-state index in [1.165, 1.54) is 19.6 Å².